The summed E-state index contributed by atoms with van der Waals surface area (Å²) in [6, 6.07) is 2.65. The van der Waals surface area contributed by atoms with Gasteiger partial charge in [-0.2, -0.15) is 0 Å². The quantitative estimate of drug-likeness (QED) is 0.791. The number of anilines is 1. The minimum atomic E-state index is -3.71. The molecule has 1 fully saturated rings. The van der Waals surface area contributed by atoms with Crippen molar-refractivity contribution in [1.82, 2.24) is 4.90 Å². The number of carbonyl (C=O) groups excluding carboxylic acids is 1. The van der Waals surface area contributed by atoms with E-state index in [1.165, 1.54) is 11.0 Å². The maximum Gasteiger partial charge on any atom is 0.305 e. The fourth-order valence-corrected chi connectivity index (χ4v) is 2.95. The van der Waals surface area contributed by atoms with Crippen molar-refractivity contribution in [3.05, 3.63) is 29.6 Å². The Morgan fingerprint density at radius 1 is 1.46 bits per heavy atom. The van der Waals surface area contributed by atoms with Gasteiger partial charge in [0.1, 0.15) is 5.82 Å². The lowest BCUT2D eigenvalue weighted by atomic mass is 10.1. The molecule has 10 heteroatoms. The van der Waals surface area contributed by atoms with Gasteiger partial charge >= 0.3 is 5.97 Å². The molecule has 0 aromatic heterocycles. The summed E-state index contributed by atoms with van der Waals surface area (Å²) in [6.07, 6.45) is 0.590. The van der Waals surface area contributed by atoms with E-state index in [2.05, 4.69) is 0 Å². The van der Waals surface area contributed by atoms with Crippen LogP contribution in [0.3, 0.4) is 0 Å². The van der Waals surface area contributed by atoms with Gasteiger partial charge in [-0.1, -0.05) is 0 Å². The van der Waals surface area contributed by atoms with Crippen molar-refractivity contribution in [3.8, 4) is 0 Å². The van der Waals surface area contributed by atoms with E-state index in [9.17, 15) is 22.4 Å². The molecule has 0 bridgehead atoms. The topological polar surface area (TPSA) is 113 Å². The summed E-state index contributed by atoms with van der Waals surface area (Å²) in [6.45, 7) is 0.550. The first kappa shape index (κ1) is 18.1. The Morgan fingerprint density at radius 3 is 2.79 bits per heavy atom. The van der Waals surface area contributed by atoms with Crippen LogP contribution < -0.4 is 4.72 Å². The SMILES string of the molecule is CS(=O)(=O)Nc1cc(C(=O)N2CCOCC2CC(=O)O)ccc1F. The van der Waals surface area contributed by atoms with E-state index in [0.29, 0.717) is 0 Å². The highest BCUT2D eigenvalue weighted by molar-refractivity contribution is 7.92. The van der Waals surface area contributed by atoms with Gasteiger partial charge in [-0.15, -0.1) is 0 Å². The number of sulfonamides is 1. The maximum absolute atomic E-state index is 13.7. The van der Waals surface area contributed by atoms with E-state index < -0.39 is 33.8 Å². The molecule has 0 spiro atoms. The monoisotopic (exact) mass is 360 g/mol. The van der Waals surface area contributed by atoms with Crippen LogP contribution in [-0.4, -0.2) is 62.4 Å². The first-order valence-electron chi connectivity index (χ1n) is 7.05. The van der Waals surface area contributed by atoms with Crippen molar-refractivity contribution in [2.45, 2.75) is 12.5 Å². The molecule has 8 nitrogen and oxygen atoms in total. The van der Waals surface area contributed by atoms with Gasteiger partial charge in [-0.25, -0.2) is 12.8 Å². The van der Waals surface area contributed by atoms with Crippen molar-refractivity contribution >= 4 is 27.6 Å². The molecule has 1 aliphatic rings. The molecular weight excluding hydrogens is 343 g/mol. The number of hydrogen-bond acceptors (Lipinski definition) is 5. The second-order valence-corrected chi connectivity index (χ2v) is 7.14. The lowest BCUT2D eigenvalue weighted by Gasteiger charge is -2.35. The van der Waals surface area contributed by atoms with Gasteiger partial charge in [-0.05, 0) is 18.2 Å². The lowest BCUT2D eigenvalue weighted by Crippen LogP contribution is -2.49. The summed E-state index contributed by atoms with van der Waals surface area (Å²) in [7, 11) is -3.71. The largest absolute Gasteiger partial charge is 0.481 e. The van der Waals surface area contributed by atoms with E-state index in [1.807, 2.05) is 4.72 Å². The van der Waals surface area contributed by atoms with Crippen LogP contribution in [0.15, 0.2) is 18.2 Å². The number of hydrogen-bond donors (Lipinski definition) is 2. The van der Waals surface area contributed by atoms with Gasteiger partial charge in [0.05, 0.1) is 37.6 Å². The van der Waals surface area contributed by atoms with Crippen LogP contribution in [0, 0.1) is 5.82 Å². The molecule has 1 aliphatic heterocycles. The number of aliphatic carboxylic acids is 1. The Morgan fingerprint density at radius 2 is 2.17 bits per heavy atom. The summed E-state index contributed by atoms with van der Waals surface area (Å²) in [5.74, 6) is -2.40. The molecule has 1 unspecified atom stereocenters. The van der Waals surface area contributed by atoms with Crippen LogP contribution in [0.5, 0.6) is 0 Å². The molecule has 1 atom stereocenters. The summed E-state index contributed by atoms with van der Waals surface area (Å²) in [5, 5.41) is 8.92. The second-order valence-electron chi connectivity index (χ2n) is 5.39. The third-order valence-corrected chi connectivity index (χ3v) is 4.00. The van der Waals surface area contributed by atoms with Crippen LogP contribution in [-0.2, 0) is 19.6 Å². The van der Waals surface area contributed by atoms with Gasteiger partial charge in [-0.3, -0.25) is 14.3 Å². The normalized spacial score (nSPS) is 18.2. The number of rotatable bonds is 5. The van der Waals surface area contributed by atoms with E-state index in [-0.39, 0.29) is 37.4 Å². The van der Waals surface area contributed by atoms with Crippen LogP contribution >= 0.6 is 0 Å². The van der Waals surface area contributed by atoms with Crippen molar-refractivity contribution in [2.24, 2.45) is 0 Å². The van der Waals surface area contributed by atoms with E-state index >= 15 is 0 Å². The molecule has 0 aliphatic carbocycles. The molecule has 1 saturated heterocycles. The molecule has 0 saturated carbocycles. The van der Waals surface area contributed by atoms with Gasteiger partial charge in [0.25, 0.3) is 5.91 Å². The van der Waals surface area contributed by atoms with Gasteiger partial charge in [0.15, 0.2) is 0 Å². The maximum atomic E-state index is 13.7. The molecule has 1 aromatic rings. The molecule has 132 valence electrons. The van der Waals surface area contributed by atoms with Crippen molar-refractivity contribution in [2.75, 3.05) is 30.7 Å². The fraction of sp³-hybridized carbons (Fsp3) is 0.429. The molecule has 1 heterocycles. The first-order chi connectivity index (χ1) is 11.2. The van der Waals surface area contributed by atoms with Crippen LogP contribution in [0.1, 0.15) is 16.8 Å². The summed E-state index contributed by atoms with van der Waals surface area (Å²) in [4.78, 5) is 24.8. The number of nitrogens with zero attached hydrogens (tertiary/aromatic N) is 1. The highest BCUT2D eigenvalue weighted by Crippen LogP contribution is 2.21. The molecule has 2 rings (SSSR count). The predicted octanol–water partition coefficient (Wildman–Crippen LogP) is 0.513. The van der Waals surface area contributed by atoms with Gasteiger partial charge in [0, 0.05) is 12.1 Å². The number of benzene rings is 1. The molecule has 0 radical (unpaired) electrons. The molecule has 1 amide bonds. The Bertz CT molecular complexity index is 752. The van der Waals surface area contributed by atoms with Crippen LogP contribution in [0.4, 0.5) is 10.1 Å². The van der Waals surface area contributed by atoms with Crippen molar-refractivity contribution in [3.63, 3.8) is 0 Å². The number of amides is 1. The number of carboxylic acids is 1. The zero-order valence-corrected chi connectivity index (χ0v) is 13.7. The van der Waals surface area contributed by atoms with Gasteiger partial charge in [0.2, 0.25) is 10.0 Å². The predicted molar refractivity (Wildman–Crippen MR) is 82.8 cm³/mol. The molecule has 24 heavy (non-hydrogen) atoms. The standard InChI is InChI=1S/C14H17FN2O6S/c1-24(21,22)16-12-6-9(2-3-11(12)15)14(20)17-4-5-23-8-10(17)7-13(18)19/h2-3,6,10,16H,4-5,7-8H2,1H3,(H,18,19). The molecular formula is C14H17FN2O6S. The highest BCUT2D eigenvalue weighted by atomic mass is 32.2. The summed E-state index contributed by atoms with van der Waals surface area (Å²) in [5.41, 5.74) is -0.286. The Hall–Kier alpha value is -2.20. The van der Waals surface area contributed by atoms with Crippen LogP contribution in [0.2, 0.25) is 0 Å². The number of morpholine rings is 1. The number of halogens is 1. The number of carboxylic acid groups (broad SMARTS) is 1. The van der Waals surface area contributed by atoms with E-state index in [0.717, 1.165) is 18.4 Å². The van der Waals surface area contributed by atoms with Crippen molar-refractivity contribution in [1.29, 1.82) is 0 Å². The zero-order valence-electron chi connectivity index (χ0n) is 12.9. The number of nitrogens with one attached hydrogen (secondary N) is 1. The average molecular weight is 360 g/mol. The Labute approximate surface area is 138 Å². The third-order valence-electron chi connectivity index (χ3n) is 3.41. The average Bonchev–Trinajstić information content (AvgIpc) is 2.47. The Balaban J connectivity index is 2.27. The van der Waals surface area contributed by atoms with Gasteiger partial charge < -0.3 is 14.7 Å². The zero-order chi connectivity index (χ0) is 17.9. The second kappa shape index (κ2) is 7.14. The smallest absolute Gasteiger partial charge is 0.305 e. The first-order valence-corrected chi connectivity index (χ1v) is 8.94. The Kier molecular flexibility index (Phi) is 5.40. The third kappa shape index (κ3) is 4.65. The van der Waals surface area contributed by atoms with E-state index in [1.54, 1.807) is 0 Å². The van der Waals surface area contributed by atoms with E-state index in [4.69, 9.17) is 9.84 Å². The lowest BCUT2D eigenvalue weighted by molar-refractivity contribution is -0.139. The highest BCUT2D eigenvalue weighted by Gasteiger charge is 2.30. The summed E-state index contributed by atoms with van der Waals surface area (Å²) >= 11 is 0. The van der Waals surface area contributed by atoms with Crippen molar-refractivity contribution < 1.29 is 32.2 Å². The molecule has 1 aromatic carbocycles. The summed E-state index contributed by atoms with van der Waals surface area (Å²) < 4.78 is 43.4. The van der Waals surface area contributed by atoms with Crippen LogP contribution in [0.25, 0.3) is 0 Å². The minimum Gasteiger partial charge on any atom is -0.481 e. The number of ether oxygens (including phenoxy) is 1. The number of carbonyl (C=O) groups is 2. The molecule has 2 N–H and O–H groups in total. The fourth-order valence-electron chi connectivity index (χ4n) is 2.39. The minimum absolute atomic E-state index is 0.0554.